The molecule has 0 radical (unpaired) electrons. The van der Waals surface area contributed by atoms with E-state index in [0.717, 1.165) is 0 Å². The van der Waals surface area contributed by atoms with Gasteiger partial charge in [-0.05, 0) is 42.5 Å². The second-order valence-electron chi connectivity index (χ2n) is 4.61. The molecule has 0 aliphatic rings. The number of hydrogen-bond acceptors (Lipinski definition) is 5. The highest BCUT2D eigenvalue weighted by atomic mass is 35.5. The van der Waals surface area contributed by atoms with Crippen molar-refractivity contribution >= 4 is 40.5 Å². The summed E-state index contributed by atoms with van der Waals surface area (Å²) in [7, 11) is 2.90. The predicted molar refractivity (Wildman–Crippen MR) is 96.3 cm³/mol. The minimum atomic E-state index is -0.511. The van der Waals surface area contributed by atoms with E-state index in [1.54, 1.807) is 18.2 Å². The second kappa shape index (κ2) is 7.85. The third kappa shape index (κ3) is 4.06. The quantitative estimate of drug-likeness (QED) is 0.569. The first-order valence-electron chi connectivity index (χ1n) is 6.78. The van der Waals surface area contributed by atoms with Crippen LogP contribution in [0.1, 0.15) is 10.4 Å². The summed E-state index contributed by atoms with van der Waals surface area (Å²) >= 11 is 11.0. The molecule has 0 heterocycles. The number of phenolic OH excluding ortho intramolecular Hbond substituents is 1. The van der Waals surface area contributed by atoms with E-state index < -0.39 is 5.91 Å². The van der Waals surface area contributed by atoms with Crippen molar-refractivity contribution in [3.8, 4) is 17.2 Å². The zero-order valence-electron chi connectivity index (χ0n) is 12.9. The Morgan fingerprint density at radius 1 is 1.17 bits per heavy atom. The van der Waals surface area contributed by atoms with E-state index in [-0.39, 0.29) is 22.1 Å². The Morgan fingerprint density at radius 3 is 2.38 bits per heavy atom. The average Bonchev–Trinajstić information content (AvgIpc) is 2.57. The maximum Gasteiger partial charge on any atom is 0.264 e. The molecule has 2 rings (SSSR count). The third-order valence-corrected chi connectivity index (χ3v) is 3.53. The Morgan fingerprint density at radius 2 is 1.79 bits per heavy atom. The van der Waals surface area contributed by atoms with E-state index in [0.29, 0.717) is 16.5 Å². The van der Waals surface area contributed by atoms with Crippen LogP contribution in [-0.4, -0.2) is 30.3 Å². The van der Waals surface area contributed by atoms with Gasteiger partial charge in [0.1, 0.15) is 22.8 Å². The maximum absolute atomic E-state index is 12.5. The molecule has 0 bridgehead atoms. The Balaban J connectivity index is 2.18. The second-order valence-corrected chi connectivity index (χ2v) is 5.45. The summed E-state index contributed by atoms with van der Waals surface area (Å²) in [6, 6.07) is 9.41. The van der Waals surface area contributed by atoms with Gasteiger partial charge in [-0.15, -0.1) is 0 Å². The van der Waals surface area contributed by atoms with E-state index >= 15 is 0 Å². The molecule has 2 aromatic rings. The molecule has 0 aromatic heterocycles. The molecule has 0 saturated carbocycles. The molecule has 8 heteroatoms. The topological polar surface area (TPSA) is 79.8 Å². The Bertz CT molecular complexity index is 760. The molecule has 0 spiro atoms. The number of hydrogen-bond donors (Lipinski definition) is 3. The van der Waals surface area contributed by atoms with Crippen LogP contribution in [0.3, 0.4) is 0 Å². The van der Waals surface area contributed by atoms with Gasteiger partial charge in [0.2, 0.25) is 0 Å². The van der Waals surface area contributed by atoms with Crippen LogP contribution in [0.2, 0.25) is 5.02 Å². The van der Waals surface area contributed by atoms with Gasteiger partial charge in [0.05, 0.1) is 19.9 Å². The number of nitrogens with one attached hydrogen (secondary N) is 2. The molecule has 0 unspecified atom stereocenters. The van der Waals surface area contributed by atoms with Crippen LogP contribution >= 0.6 is 23.8 Å². The SMILES string of the molecule is COc1cccc(OC)c1C(=O)NC(=S)Nc1cc(Cl)ccc1O. The fourth-order valence-electron chi connectivity index (χ4n) is 2.00. The molecule has 0 aliphatic carbocycles. The molecular formula is C16H15ClN2O4S. The lowest BCUT2D eigenvalue weighted by atomic mass is 10.1. The number of phenols is 1. The third-order valence-electron chi connectivity index (χ3n) is 3.09. The van der Waals surface area contributed by atoms with Gasteiger partial charge in [0.15, 0.2) is 5.11 Å². The maximum atomic E-state index is 12.5. The zero-order valence-corrected chi connectivity index (χ0v) is 14.5. The summed E-state index contributed by atoms with van der Waals surface area (Å²) < 4.78 is 10.4. The number of anilines is 1. The van der Waals surface area contributed by atoms with Gasteiger partial charge < -0.3 is 19.9 Å². The Kier molecular flexibility index (Phi) is 5.83. The molecule has 0 fully saturated rings. The Labute approximate surface area is 149 Å². The van der Waals surface area contributed by atoms with Crippen LogP contribution in [-0.2, 0) is 0 Å². The van der Waals surface area contributed by atoms with Crippen molar-refractivity contribution in [2.75, 3.05) is 19.5 Å². The highest BCUT2D eigenvalue weighted by molar-refractivity contribution is 7.80. The van der Waals surface area contributed by atoms with Crippen LogP contribution < -0.4 is 20.1 Å². The number of carbonyl (C=O) groups is 1. The number of rotatable bonds is 4. The number of aromatic hydroxyl groups is 1. The van der Waals surface area contributed by atoms with E-state index in [1.165, 1.54) is 32.4 Å². The van der Waals surface area contributed by atoms with Gasteiger partial charge in [-0.2, -0.15) is 0 Å². The number of benzene rings is 2. The molecule has 126 valence electrons. The largest absolute Gasteiger partial charge is 0.506 e. The number of halogens is 1. The van der Waals surface area contributed by atoms with Crippen LogP contribution in [0, 0.1) is 0 Å². The molecular weight excluding hydrogens is 352 g/mol. The minimum Gasteiger partial charge on any atom is -0.506 e. The minimum absolute atomic E-state index is 0.00877. The summed E-state index contributed by atoms with van der Waals surface area (Å²) in [4.78, 5) is 12.5. The Hall–Kier alpha value is -2.51. The number of carbonyl (C=O) groups excluding carboxylic acids is 1. The fourth-order valence-corrected chi connectivity index (χ4v) is 2.38. The van der Waals surface area contributed by atoms with Crippen molar-refractivity contribution in [2.24, 2.45) is 0 Å². The molecule has 0 saturated heterocycles. The standard InChI is InChI=1S/C16H15ClN2O4S/c1-22-12-4-3-5-13(23-2)14(12)15(21)19-16(24)18-10-8-9(17)6-7-11(10)20/h3-8,20H,1-2H3,(H2,18,19,21,24). The van der Waals surface area contributed by atoms with Crippen molar-refractivity contribution in [3.05, 3.63) is 47.0 Å². The number of ether oxygens (including phenoxy) is 2. The summed E-state index contributed by atoms with van der Waals surface area (Å²) in [5.41, 5.74) is 0.488. The van der Waals surface area contributed by atoms with Crippen molar-refractivity contribution in [1.29, 1.82) is 0 Å². The van der Waals surface area contributed by atoms with E-state index in [1.807, 2.05) is 0 Å². The van der Waals surface area contributed by atoms with Crippen molar-refractivity contribution < 1.29 is 19.4 Å². The van der Waals surface area contributed by atoms with E-state index in [4.69, 9.17) is 33.3 Å². The van der Waals surface area contributed by atoms with Gasteiger partial charge >= 0.3 is 0 Å². The molecule has 0 atom stereocenters. The first-order chi connectivity index (χ1) is 11.5. The zero-order chi connectivity index (χ0) is 17.7. The lowest BCUT2D eigenvalue weighted by Gasteiger charge is -2.14. The predicted octanol–water partition coefficient (Wildman–Crippen LogP) is 3.19. The van der Waals surface area contributed by atoms with Crippen molar-refractivity contribution in [2.45, 2.75) is 0 Å². The van der Waals surface area contributed by atoms with Crippen molar-refractivity contribution in [1.82, 2.24) is 5.32 Å². The monoisotopic (exact) mass is 366 g/mol. The smallest absolute Gasteiger partial charge is 0.264 e. The van der Waals surface area contributed by atoms with Gasteiger partial charge in [0, 0.05) is 5.02 Å². The van der Waals surface area contributed by atoms with Gasteiger partial charge in [-0.3, -0.25) is 10.1 Å². The number of amides is 1. The highest BCUT2D eigenvalue weighted by Gasteiger charge is 2.19. The van der Waals surface area contributed by atoms with Crippen molar-refractivity contribution in [3.63, 3.8) is 0 Å². The average molecular weight is 367 g/mol. The van der Waals surface area contributed by atoms with Gasteiger partial charge in [-0.1, -0.05) is 17.7 Å². The first kappa shape index (κ1) is 17.8. The lowest BCUT2D eigenvalue weighted by molar-refractivity contribution is 0.0971. The molecule has 2 aromatic carbocycles. The molecule has 1 amide bonds. The summed E-state index contributed by atoms with van der Waals surface area (Å²) in [6.07, 6.45) is 0. The van der Waals surface area contributed by atoms with Crippen LogP contribution in [0.4, 0.5) is 5.69 Å². The van der Waals surface area contributed by atoms with Gasteiger partial charge in [0.25, 0.3) is 5.91 Å². The van der Waals surface area contributed by atoms with Crippen LogP contribution in [0.15, 0.2) is 36.4 Å². The summed E-state index contributed by atoms with van der Waals surface area (Å²) in [6.45, 7) is 0. The molecule has 24 heavy (non-hydrogen) atoms. The summed E-state index contributed by atoms with van der Waals surface area (Å²) in [5.74, 6) is 0.134. The lowest BCUT2D eigenvalue weighted by Crippen LogP contribution is -2.34. The summed E-state index contributed by atoms with van der Waals surface area (Å²) in [5, 5.41) is 15.4. The highest BCUT2D eigenvalue weighted by Crippen LogP contribution is 2.29. The van der Waals surface area contributed by atoms with Gasteiger partial charge in [-0.25, -0.2) is 0 Å². The molecule has 0 aliphatic heterocycles. The number of thiocarbonyl (C=S) groups is 1. The molecule has 3 N–H and O–H groups in total. The normalized spacial score (nSPS) is 9.96. The fraction of sp³-hybridized carbons (Fsp3) is 0.125. The molecule has 6 nitrogen and oxygen atoms in total. The van der Waals surface area contributed by atoms with E-state index in [9.17, 15) is 9.90 Å². The first-order valence-corrected chi connectivity index (χ1v) is 7.56. The van der Waals surface area contributed by atoms with Crippen LogP contribution in [0.5, 0.6) is 17.2 Å². The van der Waals surface area contributed by atoms with E-state index in [2.05, 4.69) is 10.6 Å². The number of methoxy groups -OCH3 is 2. The van der Waals surface area contributed by atoms with Crippen LogP contribution in [0.25, 0.3) is 0 Å².